The van der Waals surface area contributed by atoms with Crippen LogP contribution in [-0.4, -0.2) is 50.1 Å². The average molecular weight is 497 g/mol. The third-order valence-corrected chi connectivity index (χ3v) is 6.33. The number of carbonyl (C=O) groups excluding carboxylic acids is 4. The van der Waals surface area contributed by atoms with Crippen LogP contribution < -0.4 is 10.6 Å². The van der Waals surface area contributed by atoms with E-state index in [-0.39, 0.29) is 36.2 Å². The zero-order valence-corrected chi connectivity index (χ0v) is 20.8. The van der Waals surface area contributed by atoms with Gasteiger partial charge in [-0.2, -0.15) is 0 Å². The van der Waals surface area contributed by atoms with Crippen molar-refractivity contribution in [3.05, 3.63) is 58.7 Å². The van der Waals surface area contributed by atoms with Gasteiger partial charge < -0.3 is 20.1 Å². The number of benzene rings is 1. The minimum atomic E-state index is -0.660. The molecule has 8 heteroatoms. The molecule has 2 aliphatic rings. The SMILES string of the molecule is O=C(COC(=O)c1ccc(C(=O)OCC(=O)NCCC2=CCCCC2)cc1)NCCC1=CCCCC1. The number of rotatable bonds is 12. The van der Waals surface area contributed by atoms with Crippen LogP contribution in [-0.2, 0) is 19.1 Å². The van der Waals surface area contributed by atoms with E-state index in [9.17, 15) is 19.2 Å². The molecule has 2 amide bonds. The van der Waals surface area contributed by atoms with E-state index in [4.69, 9.17) is 9.47 Å². The summed E-state index contributed by atoms with van der Waals surface area (Å²) in [5.41, 5.74) is 3.15. The molecule has 0 spiro atoms. The van der Waals surface area contributed by atoms with E-state index in [1.54, 1.807) is 0 Å². The normalized spacial score (nSPS) is 15.2. The van der Waals surface area contributed by atoms with E-state index in [1.165, 1.54) is 61.1 Å². The van der Waals surface area contributed by atoms with Crippen molar-refractivity contribution >= 4 is 23.8 Å². The first-order valence-corrected chi connectivity index (χ1v) is 12.8. The molecule has 0 saturated heterocycles. The molecular weight excluding hydrogens is 460 g/mol. The molecule has 36 heavy (non-hydrogen) atoms. The first-order valence-electron chi connectivity index (χ1n) is 12.8. The Kier molecular flexibility index (Phi) is 11.2. The van der Waals surface area contributed by atoms with Gasteiger partial charge in [0.15, 0.2) is 13.2 Å². The van der Waals surface area contributed by atoms with Crippen LogP contribution in [0.4, 0.5) is 0 Å². The molecule has 0 radical (unpaired) electrons. The van der Waals surface area contributed by atoms with Crippen LogP contribution in [0.25, 0.3) is 0 Å². The fourth-order valence-electron chi connectivity index (χ4n) is 4.26. The molecule has 0 atom stereocenters. The Balaban J connectivity index is 1.31. The van der Waals surface area contributed by atoms with Gasteiger partial charge in [0.2, 0.25) is 0 Å². The van der Waals surface area contributed by atoms with Gasteiger partial charge in [-0.05, 0) is 88.5 Å². The predicted octanol–water partition coefficient (Wildman–Crippen LogP) is 4.01. The topological polar surface area (TPSA) is 111 Å². The Bertz CT molecular complexity index is 901. The smallest absolute Gasteiger partial charge is 0.338 e. The van der Waals surface area contributed by atoms with Crippen LogP contribution in [0.2, 0.25) is 0 Å². The highest BCUT2D eigenvalue weighted by molar-refractivity contribution is 5.94. The van der Waals surface area contributed by atoms with Crippen molar-refractivity contribution in [2.24, 2.45) is 0 Å². The van der Waals surface area contributed by atoms with Crippen LogP contribution in [0.5, 0.6) is 0 Å². The van der Waals surface area contributed by atoms with E-state index in [0.717, 1.165) is 38.5 Å². The van der Waals surface area contributed by atoms with E-state index in [1.807, 2.05) is 0 Å². The van der Waals surface area contributed by atoms with Crippen LogP contribution in [0.3, 0.4) is 0 Å². The second kappa shape index (κ2) is 14.9. The number of nitrogens with one attached hydrogen (secondary N) is 2. The Labute approximate surface area is 212 Å². The van der Waals surface area contributed by atoms with Gasteiger partial charge >= 0.3 is 11.9 Å². The molecule has 2 N–H and O–H groups in total. The molecule has 8 nitrogen and oxygen atoms in total. The summed E-state index contributed by atoms with van der Waals surface area (Å²) in [4.78, 5) is 48.3. The van der Waals surface area contributed by atoms with Crippen molar-refractivity contribution in [2.75, 3.05) is 26.3 Å². The third kappa shape index (κ3) is 9.68. The number of hydrogen-bond donors (Lipinski definition) is 2. The molecule has 0 aliphatic heterocycles. The number of ether oxygens (including phenoxy) is 2. The van der Waals surface area contributed by atoms with Crippen LogP contribution in [0, 0.1) is 0 Å². The number of amides is 2. The highest BCUT2D eigenvalue weighted by Gasteiger charge is 2.14. The summed E-state index contributed by atoms with van der Waals surface area (Å²) in [6.07, 6.45) is 15.3. The molecule has 2 aliphatic carbocycles. The van der Waals surface area contributed by atoms with E-state index >= 15 is 0 Å². The second-order valence-corrected chi connectivity index (χ2v) is 9.15. The maximum absolute atomic E-state index is 12.2. The summed E-state index contributed by atoms with van der Waals surface area (Å²) in [5.74, 6) is -2.03. The first-order chi connectivity index (χ1) is 17.5. The Morgan fingerprint density at radius 2 is 1.06 bits per heavy atom. The summed E-state index contributed by atoms with van der Waals surface area (Å²) in [6, 6.07) is 5.68. The van der Waals surface area contributed by atoms with Gasteiger partial charge in [-0.15, -0.1) is 0 Å². The summed E-state index contributed by atoms with van der Waals surface area (Å²) in [5, 5.41) is 5.52. The molecule has 3 rings (SSSR count). The van der Waals surface area contributed by atoms with Gasteiger partial charge in [0, 0.05) is 13.1 Å². The lowest BCUT2D eigenvalue weighted by molar-refractivity contribution is -0.124. The monoisotopic (exact) mass is 496 g/mol. The van der Waals surface area contributed by atoms with E-state index in [0.29, 0.717) is 13.1 Å². The lowest BCUT2D eigenvalue weighted by Gasteiger charge is -2.13. The van der Waals surface area contributed by atoms with Crippen molar-refractivity contribution in [1.82, 2.24) is 10.6 Å². The standard InChI is InChI=1S/C28H36N2O6/c31-25(29-17-15-21-7-3-1-4-8-21)19-35-27(33)23-11-13-24(14-12-23)28(34)36-20-26(32)30-18-16-22-9-5-2-6-10-22/h7,9,11-14H,1-6,8,10,15-20H2,(H,29,31)(H,30,32). The molecule has 0 heterocycles. The molecule has 194 valence electrons. The second-order valence-electron chi connectivity index (χ2n) is 9.15. The summed E-state index contributed by atoms with van der Waals surface area (Å²) >= 11 is 0. The molecule has 0 fully saturated rings. The molecule has 1 aromatic carbocycles. The molecule has 0 saturated carbocycles. The minimum absolute atomic E-state index is 0.210. The fraction of sp³-hybridized carbons (Fsp3) is 0.500. The van der Waals surface area contributed by atoms with Crippen LogP contribution >= 0.6 is 0 Å². The van der Waals surface area contributed by atoms with Crippen molar-refractivity contribution in [3.63, 3.8) is 0 Å². The predicted molar refractivity (Wildman–Crippen MR) is 135 cm³/mol. The van der Waals surface area contributed by atoms with Gasteiger partial charge in [-0.3, -0.25) is 9.59 Å². The summed E-state index contributed by atoms with van der Waals surface area (Å²) in [6.45, 7) is 0.312. The average Bonchev–Trinajstić information content (AvgIpc) is 2.91. The lowest BCUT2D eigenvalue weighted by Crippen LogP contribution is -2.30. The molecule has 1 aromatic rings. The highest BCUT2D eigenvalue weighted by Crippen LogP contribution is 2.20. The van der Waals surface area contributed by atoms with Crippen molar-refractivity contribution in [3.8, 4) is 0 Å². The van der Waals surface area contributed by atoms with Crippen molar-refractivity contribution in [2.45, 2.75) is 64.2 Å². The maximum atomic E-state index is 12.2. The van der Waals surface area contributed by atoms with Crippen molar-refractivity contribution < 1.29 is 28.7 Å². The van der Waals surface area contributed by atoms with Gasteiger partial charge in [-0.25, -0.2) is 9.59 Å². The van der Waals surface area contributed by atoms with Gasteiger partial charge in [0.25, 0.3) is 11.8 Å². The van der Waals surface area contributed by atoms with Crippen LogP contribution in [0.15, 0.2) is 47.6 Å². The Morgan fingerprint density at radius 3 is 1.42 bits per heavy atom. The lowest BCUT2D eigenvalue weighted by atomic mass is 9.97. The molecule has 0 aromatic heterocycles. The van der Waals surface area contributed by atoms with Gasteiger partial charge in [-0.1, -0.05) is 23.3 Å². The Morgan fingerprint density at radius 1 is 0.639 bits per heavy atom. The highest BCUT2D eigenvalue weighted by atomic mass is 16.5. The van der Waals surface area contributed by atoms with E-state index in [2.05, 4.69) is 22.8 Å². The quantitative estimate of drug-likeness (QED) is 0.334. The van der Waals surface area contributed by atoms with Crippen molar-refractivity contribution in [1.29, 1.82) is 0 Å². The minimum Gasteiger partial charge on any atom is -0.452 e. The van der Waals surface area contributed by atoms with E-state index < -0.39 is 11.9 Å². The first kappa shape index (κ1) is 27.2. The summed E-state index contributed by atoms with van der Waals surface area (Å²) in [7, 11) is 0. The molecule has 0 unspecified atom stereocenters. The largest absolute Gasteiger partial charge is 0.452 e. The number of hydrogen-bond acceptors (Lipinski definition) is 6. The Hall–Kier alpha value is -3.42. The third-order valence-electron chi connectivity index (χ3n) is 6.33. The number of carbonyl (C=O) groups is 4. The number of esters is 2. The van der Waals surface area contributed by atoms with Gasteiger partial charge in [0.05, 0.1) is 11.1 Å². The molecular formula is C28H36N2O6. The zero-order valence-electron chi connectivity index (χ0n) is 20.8. The zero-order chi connectivity index (χ0) is 25.6. The van der Waals surface area contributed by atoms with Gasteiger partial charge in [0.1, 0.15) is 0 Å². The fourth-order valence-corrected chi connectivity index (χ4v) is 4.26. The molecule has 0 bridgehead atoms. The van der Waals surface area contributed by atoms with Crippen LogP contribution in [0.1, 0.15) is 84.9 Å². The number of allylic oxidation sites excluding steroid dienone is 2. The maximum Gasteiger partial charge on any atom is 0.338 e. The summed E-state index contributed by atoms with van der Waals surface area (Å²) < 4.78 is 10.1.